The Hall–Kier alpha value is -2.24. The number of anilines is 1. The van der Waals surface area contributed by atoms with Gasteiger partial charge in [-0.25, -0.2) is 0 Å². The van der Waals surface area contributed by atoms with Crippen LogP contribution in [0.5, 0.6) is 5.75 Å². The molecule has 0 aliphatic heterocycles. The number of methoxy groups -OCH3 is 1. The van der Waals surface area contributed by atoms with Crippen LogP contribution >= 0.6 is 11.6 Å². The van der Waals surface area contributed by atoms with Crippen molar-refractivity contribution in [3.8, 4) is 5.75 Å². The average molecular weight is 376 g/mol. The Bertz CT molecular complexity index is 745. The summed E-state index contributed by atoms with van der Waals surface area (Å²) < 4.78 is 5.26. The highest BCUT2D eigenvalue weighted by atomic mass is 35.5. The van der Waals surface area contributed by atoms with Gasteiger partial charge in [0.1, 0.15) is 5.75 Å². The molecule has 0 saturated heterocycles. The Kier molecular flexibility index (Phi) is 6.89. The van der Waals surface area contributed by atoms with Gasteiger partial charge in [-0.1, -0.05) is 23.7 Å². The van der Waals surface area contributed by atoms with Crippen LogP contribution in [-0.2, 0) is 0 Å². The summed E-state index contributed by atoms with van der Waals surface area (Å²) >= 11 is 6.02. The second kappa shape index (κ2) is 8.92. The van der Waals surface area contributed by atoms with E-state index in [0.717, 1.165) is 11.3 Å². The van der Waals surface area contributed by atoms with Crippen molar-refractivity contribution in [1.29, 1.82) is 0 Å². The van der Waals surface area contributed by atoms with Crippen LogP contribution in [0.15, 0.2) is 42.5 Å². The molecule has 2 aromatic rings. The highest BCUT2D eigenvalue weighted by molar-refractivity contribution is 6.31. The van der Waals surface area contributed by atoms with Crippen LogP contribution in [0, 0.1) is 0 Å². The molecular formula is C20H26ClN3O2. The second-order valence-corrected chi connectivity index (χ2v) is 6.96. The summed E-state index contributed by atoms with van der Waals surface area (Å²) in [5.74, 6) is 0.296. The minimum Gasteiger partial charge on any atom is -0.496 e. The monoisotopic (exact) mass is 375 g/mol. The quantitative estimate of drug-likeness (QED) is 0.805. The zero-order valence-electron chi connectivity index (χ0n) is 15.9. The number of carbonyl (C=O) groups is 1. The van der Waals surface area contributed by atoms with Crippen molar-refractivity contribution in [1.82, 2.24) is 10.2 Å². The third kappa shape index (κ3) is 4.90. The lowest BCUT2D eigenvalue weighted by Crippen LogP contribution is -2.34. The van der Waals surface area contributed by atoms with Crippen molar-refractivity contribution in [2.24, 2.45) is 0 Å². The van der Waals surface area contributed by atoms with Crippen LogP contribution in [-0.4, -0.2) is 52.7 Å². The van der Waals surface area contributed by atoms with Crippen LogP contribution in [0.4, 0.5) is 5.69 Å². The first-order valence-electron chi connectivity index (χ1n) is 8.39. The number of hydrogen-bond acceptors (Lipinski definition) is 4. The van der Waals surface area contributed by atoms with Crippen molar-refractivity contribution in [2.75, 3.05) is 46.7 Å². The van der Waals surface area contributed by atoms with Crippen LogP contribution in [0.25, 0.3) is 0 Å². The van der Waals surface area contributed by atoms with Crippen LogP contribution < -0.4 is 15.0 Å². The van der Waals surface area contributed by atoms with Gasteiger partial charge >= 0.3 is 0 Å². The molecule has 0 spiro atoms. The zero-order chi connectivity index (χ0) is 19.3. The van der Waals surface area contributed by atoms with Crippen LogP contribution in [0.2, 0.25) is 5.02 Å². The van der Waals surface area contributed by atoms with E-state index in [-0.39, 0.29) is 11.9 Å². The minimum atomic E-state index is -0.207. The molecule has 2 rings (SSSR count). The molecule has 1 atom stereocenters. The number of carbonyl (C=O) groups excluding carboxylic acids is 1. The fourth-order valence-corrected chi connectivity index (χ4v) is 2.91. The zero-order valence-corrected chi connectivity index (χ0v) is 16.7. The molecule has 6 heteroatoms. The topological polar surface area (TPSA) is 44.8 Å². The molecule has 26 heavy (non-hydrogen) atoms. The Morgan fingerprint density at radius 1 is 1.12 bits per heavy atom. The van der Waals surface area contributed by atoms with Crippen LogP contribution in [0.1, 0.15) is 22.0 Å². The third-order valence-corrected chi connectivity index (χ3v) is 4.51. The maximum Gasteiger partial charge on any atom is 0.255 e. The smallest absolute Gasteiger partial charge is 0.255 e. The molecule has 5 nitrogen and oxygen atoms in total. The van der Waals surface area contributed by atoms with Gasteiger partial charge in [0.15, 0.2) is 0 Å². The first-order chi connectivity index (χ1) is 12.3. The molecule has 0 aliphatic carbocycles. The molecule has 0 radical (unpaired) electrons. The lowest BCUT2D eigenvalue weighted by atomic mass is 10.0. The number of rotatable bonds is 7. The summed E-state index contributed by atoms with van der Waals surface area (Å²) in [6.45, 7) is 0.475. The molecule has 0 aromatic heterocycles. The lowest BCUT2D eigenvalue weighted by Gasteiger charge is -2.26. The lowest BCUT2D eigenvalue weighted by molar-refractivity contribution is 0.0939. The Balaban J connectivity index is 2.13. The van der Waals surface area contributed by atoms with Gasteiger partial charge in [0, 0.05) is 31.4 Å². The summed E-state index contributed by atoms with van der Waals surface area (Å²) in [6, 6.07) is 13.4. The summed E-state index contributed by atoms with van der Waals surface area (Å²) in [4.78, 5) is 16.7. The van der Waals surface area contributed by atoms with Crippen LogP contribution in [0.3, 0.4) is 0 Å². The largest absolute Gasteiger partial charge is 0.496 e. The summed E-state index contributed by atoms with van der Waals surface area (Å²) in [5, 5.41) is 3.49. The van der Waals surface area contributed by atoms with Gasteiger partial charge in [-0.05, 0) is 50.0 Å². The van der Waals surface area contributed by atoms with Crippen molar-refractivity contribution >= 4 is 23.2 Å². The highest BCUT2D eigenvalue weighted by Gasteiger charge is 2.18. The number of nitrogens with one attached hydrogen (secondary N) is 1. The predicted molar refractivity (Wildman–Crippen MR) is 108 cm³/mol. The Labute approximate surface area is 160 Å². The van der Waals surface area contributed by atoms with Gasteiger partial charge in [0.25, 0.3) is 5.91 Å². The number of ether oxygens (including phenoxy) is 1. The first-order valence-corrected chi connectivity index (χ1v) is 8.76. The average Bonchev–Trinajstić information content (AvgIpc) is 2.61. The second-order valence-electron chi connectivity index (χ2n) is 6.52. The molecular weight excluding hydrogens is 350 g/mol. The number of halogens is 1. The summed E-state index contributed by atoms with van der Waals surface area (Å²) in [5.41, 5.74) is 2.71. The summed E-state index contributed by atoms with van der Waals surface area (Å²) in [6.07, 6.45) is 0. The van der Waals surface area contributed by atoms with Crippen molar-refractivity contribution in [2.45, 2.75) is 6.04 Å². The van der Waals surface area contributed by atoms with Gasteiger partial charge in [0.2, 0.25) is 0 Å². The first kappa shape index (κ1) is 20.1. The molecule has 1 amide bonds. The van der Waals surface area contributed by atoms with E-state index in [4.69, 9.17) is 16.3 Å². The fourth-order valence-electron chi connectivity index (χ4n) is 2.74. The standard InChI is InChI=1S/C20H26ClN3O2/c1-23(2)16-9-6-14(7-10-16)18(24(3)4)13-22-20(25)17-12-15(21)8-11-19(17)26-5/h6-12,18H,13H2,1-5H3,(H,22,25). The number of hydrogen-bond donors (Lipinski definition) is 1. The molecule has 0 saturated carbocycles. The number of likely N-dealkylation sites (N-methyl/N-ethyl adjacent to an activating group) is 1. The molecule has 140 valence electrons. The van der Waals surface area contributed by atoms with E-state index in [9.17, 15) is 4.79 Å². The van der Waals surface area contributed by atoms with E-state index in [1.165, 1.54) is 7.11 Å². The maximum absolute atomic E-state index is 12.6. The van der Waals surface area contributed by atoms with E-state index in [2.05, 4.69) is 39.4 Å². The molecule has 1 N–H and O–H groups in total. The fraction of sp³-hybridized carbons (Fsp3) is 0.350. The number of amides is 1. The van der Waals surface area contributed by atoms with Gasteiger partial charge < -0.3 is 19.9 Å². The molecule has 0 aliphatic rings. The van der Waals surface area contributed by atoms with Gasteiger partial charge in [0.05, 0.1) is 18.7 Å². The van der Waals surface area contributed by atoms with E-state index in [0.29, 0.717) is 22.9 Å². The highest BCUT2D eigenvalue weighted by Crippen LogP contribution is 2.24. The van der Waals surface area contributed by atoms with E-state index in [1.54, 1.807) is 18.2 Å². The maximum atomic E-state index is 12.6. The van der Waals surface area contributed by atoms with E-state index >= 15 is 0 Å². The third-order valence-electron chi connectivity index (χ3n) is 4.28. The molecule has 0 fully saturated rings. The van der Waals surface area contributed by atoms with Gasteiger partial charge in [-0.15, -0.1) is 0 Å². The van der Waals surface area contributed by atoms with Gasteiger partial charge in [-0.3, -0.25) is 4.79 Å². The summed E-state index contributed by atoms with van der Waals surface area (Å²) in [7, 11) is 9.55. The predicted octanol–water partition coefficient (Wildman–Crippen LogP) is 3.45. The SMILES string of the molecule is COc1ccc(Cl)cc1C(=O)NCC(c1ccc(N(C)C)cc1)N(C)C. The number of nitrogens with zero attached hydrogens (tertiary/aromatic N) is 2. The van der Waals surface area contributed by atoms with E-state index < -0.39 is 0 Å². The molecule has 0 bridgehead atoms. The molecule has 2 aromatic carbocycles. The Morgan fingerprint density at radius 3 is 2.31 bits per heavy atom. The van der Waals surface area contributed by atoms with Gasteiger partial charge in [-0.2, -0.15) is 0 Å². The van der Waals surface area contributed by atoms with E-state index in [1.807, 2.05) is 28.2 Å². The number of benzene rings is 2. The van der Waals surface area contributed by atoms with Crippen molar-refractivity contribution in [3.63, 3.8) is 0 Å². The normalized spacial score (nSPS) is 12.0. The minimum absolute atomic E-state index is 0.0559. The Morgan fingerprint density at radius 2 is 1.77 bits per heavy atom. The van der Waals surface area contributed by atoms with Crippen molar-refractivity contribution < 1.29 is 9.53 Å². The molecule has 1 unspecified atom stereocenters. The molecule has 0 heterocycles. The van der Waals surface area contributed by atoms with Crippen molar-refractivity contribution in [3.05, 3.63) is 58.6 Å².